The maximum atomic E-state index is 12.3. The van der Waals surface area contributed by atoms with Gasteiger partial charge in [-0.1, -0.05) is 0 Å². The average Bonchev–Trinajstić information content (AvgIpc) is 2.85. The molecule has 2 heterocycles. The number of hydrogen-bond acceptors (Lipinski definition) is 10. The van der Waals surface area contributed by atoms with E-state index in [0.29, 0.717) is 0 Å². The molecule has 1 unspecified atom stereocenters. The second-order valence-corrected chi connectivity index (χ2v) is 6.71. The quantitative estimate of drug-likeness (QED) is 0.262. The van der Waals surface area contributed by atoms with Gasteiger partial charge in [0.25, 0.3) is 0 Å². The Bertz CT molecular complexity index is 820. The van der Waals surface area contributed by atoms with Crippen LogP contribution in [0.3, 0.4) is 0 Å². The van der Waals surface area contributed by atoms with Crippen molar-refractivity contribution >= 4 is 30.5 Å². The standard InChI is InChI=1S/C11H16F3N6O5P.2Na/c12-11(13,14)3-16-8-7-9(19-10(15)18-8)20(4-17-7)1-6(21)2-25-5-26(22,23)24;;/h4,6,21H,1-3,5H2,(H2,22,23,24)(H3,15,16,18,19);;/q;2*+1/p-2. The number of imidazole rings is 1. The first-order valence-corrected chi connectivity index (χ1v) is 8.73. The van der Waals surface area contributed by atoms with E-state index in [2.05, 4.69) is 25.0 Å². The monoisotopic (exact) mass is 444 g/mol. The minimum Gasteiger partial charge on any atom is -0.809 e. The van der Waals surface area contributed by atoms with Crippen molar-refractivity contribution in [3.05, 3.63) is 6.33 Å². The summed E-state index contributed by atoms with van der Waals surface area (Å²) in [6, 6.07) is 0. The van der Waals surface area contributed by atoms with Gasteiger partial charge in [0.1, 0.15) is 6.54 Å². The average molecular weight is 444 g/mol. The summed E-state index contributed by atoms with van der Waals surface area (Å²) in [4.78, 5) is 32.3. The van der Waals surface area contributed by atoms with Crippen LogP contribution in [0.2, 0.25) is 0 Å². The fourth-order valence-electron chi connectivity index (χ4n) is 1.98. The number of ether oxygens (including phenoxy) is 1. The van der Waals surface area contributed by atoms with E-state index in [0.717, 1.165) is 0 Å². The fraction of sp³-hybridized carbons (Fsp3) is 0.545. The Balaban J connectivity index is 0.00000364. The zero-order valence-electron chi connectivity index (χ0n) is 15.0. The van der Waals surface area contributed by atoms with Crippen molar-refractivity contribution in [2.24, 2.45) is 0 Å². The second kappa shape index (κ2) is 11.4. The number of nitrogens with two attached hydrogens (primary N) is 1. The predicted molar refractivity (Wildman–Crippen MR) is 78.7 cm³/mol. The minimum absolute atomic E-state index is 0. The zero-order chi connectivity index (χ0) is 19.5. The van der Waals surface area contributed by atoms with Crippen LogP contribution in [0.4, 0.5) is 24.9 Å². The summed E-state index contributed by atoms with van der Waals surface area (Å²) in [6.45, 7) is -2.01. The molecule has 0 aliphatic carbocycles. The molecule has 0 fully saturated rings. The Morgan fingerprint density at radius 2 is 2.00 bits per heavy atom. The van der Waals surface area contributed by atoms with Crippen molar-refractivity contribution in [2.45, 2.75) is 18.8 Å². The van der Waals surface area contributed by atoms with Gasteiger partial charge in [0.05, 0.1) is 31.9 Å². The van der Waals surface area contributed by atoms with E-state index in [-0.39, 0.29) is 88.6 Å². The molecule has 0 saturated carbocycles. The van der Waals surface area contributed by atoms with Crippen molar-refractivity contribution in [3.8, 4) is 0 Å². The Kier molecular flexibility index (Phi) is 11.4. The molecule has 17 heteroatoms. The molecular formula is C11H14F3N6Na2O5P. The molecule has 2 aromatic heterocycles. The molecule has 28 heavy (non-hydrogen) atoms. The van der Waals surface area contributed by atoms with Crippen LogP contribution in [0.5, 0.6) is 0 Å². The van der Waals surface area contributed by atoms with Gasteiger partial charge in [-0.2, -0.15) is 23.1 Å². The van der Waals surface area contributed by atoms with Crippen LogP contribution in [-0.2, 0) is 15.8 Å². The molecule has 4 N–H and O–H groups in total. The van der Waals surface area contributed by atoms with E-state index in [4.69, 9.17) is 5.73 Å². The van der Waals surface area contributed by atoms with Gasteiger partial charge < -0.3 is 39.8 Å². The molecule has 2 rings (SSSR count). The number of aliphatic hydroxyl groups is 1. The third-order valence-electron chi connectivity index (χ3n) is 2.90. The maximum absolute atomic E-state index is 12.3. The summed E-state index contributed by atoms with van der Waals surface area (Å²) in [5, 5.41) is 11.9. The van der Waals surface area contributed by atoms with Crippen molar-refractivity contribution in [3.63, 3.8) is 0 Å². The molecule has 146 valence electrons. The molecule has 2 aromatic rings. The number of hydrogen-bond donors (Lipinski definition) is 3. The molecule has 0 amide bonds. The number of nitrogen functional groups attached to an aromatic ring is 1. The molecule has 11 nitrogen and oxygen atoms in total. The first kappa shape index (κ1) is 28.0. The number of rotatable bonds is 8. The topological polar surface area (TPSA) is 174 Å². The zero-order valence-corrected chi connectivity index (χ0v) is 19.9. The van der Waals surface area contributed by atoms with E-state index in [1.165, 1.54) is 10.9 Å². The summed E-state index contributed by atoms with van der Waals surface area (Å²) in [5.74, 6) is -0.540. The van der Waals surface area contributed by atoms with Gasteiger partial charge in [-0.15, -0.1) is 0 Å². The van der Waals surface area contributed by atoms with Crippen LogP contribution < -0.4 is 80.0 Å². The molecular weight excluding hydrogens is 430 g/mol. The Labute approximate surface area is 201 Å². The van der Waals surface area contributed by atoms with Crippen molar-refractivity contribution in [2.75, 3.05) is 30.6 Å². The molecule has 0 aromatic carbocycles. The van der Waals surface area contributed by atoms with E-state index < -0.39 is 39.4 Å². The summed E-state index contributed by atoms with van der Waals surface area (Å²) in [5.41, 5.74) is 5.53. The third kappa shape index (κ3) is 9.22. The smallest absolute Gasteiger partial charge is 0.809 e. The summed E-state index contributed by atoms with van der Waals surface area (Å²) in [6.07, 6.45) is -5.60. The number of nitrogens with one attached hydrogen (secondary N) is 1. The van der Waals surface area contributed by atoms with E-state index in [9.17, 15) is 32.6 Å². The number of aromatic nitrogens is 4. The fourth-order valence-corrected chi connectivity index (χ4v) is 2.31. The molecule has 0 bridgehead atoms. The third-order valence-corrected chi connectivity index (χ3v) is 3.40. The number of fused-ring (bicyclic) bond motifs is 1. The van der Waals surface area contributed by atoms with Gasteiger partial charge in [0, 0.05) is 0 Å². The number of anilines is 2. The number of aliphatic hydroxyl groups excluding tert-OH is 1. The number of nitrogens with zero attached hydrogens (tertiary/aromatic N) is 4. The SMILES string of the molecule is Nc1nc(NCC(F)(F)F)c2ncn(CC(O)COCP(=O)([O-])[O-])c2n1.[Na+].[Na+]. The van der Waals surface area contributed by atoms with E-state index in [1.807, 2.05) is 0 Å². The summed E-state index contributed by atoms with van der Waals surface area (Å²) in [7, 11) is -4.86. The number of alkyl halides is 3. The molecule has 0 radical (unpaired) electrons. The molecule has 0 aliphatic heterocycles. The maximum Gasteiger partial charge on any atom is 1.00 e. The minimum atomic E-state index is -4.86. The van der Waals surface area contributed by atoms with Gasteiger partial charge in [-0.25, -0.2) is 4.98 Å². The normalized spacial score (nSPS) is 12.9. The number of halogens is 3. The Morgan fingerprint density at radius 3 is 2.57 bits per heavy atom. The van der Waals surface area contributed by atoms with Crippen molar-refractivity contribution in [1.29, 1.82) is 0 Å². The Morgan fingerprint density at radius 1 is 1.36 bits per heavy atom. The molecule has 0 saturated heterocycles. The molecule has 0 aliphatic rings. The molecule has 0 spiro atoms. The van der Waals surface area contributed by atoms with Crippen LogP contribution in [0.15, 0.2) is 6.33 Å². The van der Waals surface area contributed by atoms with Gasteiger partial charge >= 0.3 is 65.3 Å². The van der Waals surface area contributed by atoms with E-state index >= 15 is 0 Å². The van der Waals surface area contributed by atoms with Gasteiger partial charge in [0.15, 0.2) is 17.0 Å². The van der Waals surface area contributed by atoms with Crippen molar-refractivity contribution < 1.29 is 96.5 Å². The Hall–Kier alpha value is 0.01000. The van der Waals surface area contributed by atoms with Gasteiger partial charge in [-0.3, -0.25) is 0 Å². The van der Waals surface area contributed by atoms with Crippen LogP contribution in [0, 0.1) is 0 Å². The van der Waals surface area contributed by atoms with Crippen LogP contribution in [-0.4, -0.2) is 56.4 Å². The van der Waals surface area contributed by atoms with Gasteiger partial charge in [-0.05, 0) is 7.60 Å². The first-order chi connectivity index (χ1) is 11.9. The van der Waals surface area contributed by atoms with Crippen LogP contribution >= 0.6 is 7.60 Å². The van der Waals surface area contributed by atoms with Crippen molar-refractivity contribution in [1.82, 2.24) is 19.5 Å². The second-order valence-electron chi connectivity index (χ2n) is 5.23. The summed E-state index contributed by atoms with van der Waals surface area (Å²) >= 11 is 0. The largest absolute Gasteiger partial charge is 1.00 e. The van der Waals surface area contributed by atoms with Gasteiger partial charge in [0.2, 0.25) is 5.95 Å². The first-order valence-electron chi connectivity index (χ1n) is 7.00. The van der Waals surface area contributed by atoms with Crippen LogP contribution in [0.25, 0.3) is 11.2 Å². The van der Waals surface area contributed by atoms with E-state index in [1.54, 1.807) is 0 Å². The van der Waals surface area contributed by atoms with Crippen LogP contribution in [0.1, 0.15) is 0 Å². The summed E-state index contributed by atoms with van der Waals surface area (Å²) < 4.78 is 53.3. The molecule has 1 atom stereocenters. The predicted octanol–water partition coefficient (Wildman–Crippen LogP) is -7.36.